The fourth-order valence-electron chi connectivity index (χ4n) is 1.16. The van der Waals surface area contributed by atoms with E-state index in [1.165, 1.54) is 0 Å². The molecule has 0 aliphatic heterocycles. The molecule has 0 fully saturated rings. The number of hydrogen-bond donors (Lipinski definition) is 0. The molecule has 0 bridgehead atoms. The molecule has 25 heavy (non-hydrogen) atoms. The third kappa shape index (κ3) is 4.21. The van der Waals surface area contributed by atoms with Gasteiger partial charge in [-0.2, -0.15) is 0 Å². The van der Waals surface area contributed by atoms with Crippen LogP contribution < -0.4 is 0 Å². The van der Waals surface area contributed by atoms with Crippen molar-refractivity contribution in [1.82, 2.24) is 0 Å². The number of nitrogens with zero attached hydrogens (tertiary/aromatic N) is 6. The Kier molecular flexibility index (Phi) is 4.54. The van der Waals surface area contributed by atoms with Gasteiger partial charge in [-0.1, -0.05) is 0 Å². The zero-order valence-electron chi connectivity index (χ0n) is 10.5. The molecular weight excluding hydrogens is 400 g/mol. The van der Waals surface area contributed by atoms with Crippen molar-refractivity contribution in [3.8, 4) is 0 Å². The predicted octanol–water partition coefficient (Wildman–Crippen LogP) is -2.43. The van der Waals surface area contributed by atoms with Crippen molar-refractivity contribution >= 4 is 8.09 Å². The molecular formula is N6O18Si-2. The molecule has 0 aromatic heterocycles. The Balaban J connectivity index is 7.34. The first-order valence-corrected chi connectivity index (χ1v) is 6.96. The monoisotopic (exact) mass is 400 g/mol. The third-order valence-electron chi connectivity index (χ3n) is 1.57. The fourth-order valence-corrected chi connectivity index (χ4v) is 3.49. The zero-order chi connectivity index (χ0) is 20.1. The Morgan fingerprint density at radius 3 is 0.600 bits per heavy atom. The van der Waals surface area contributed by atoms with Crippen LogP contribution in [0, 0.1) is 60.7 Å². The zero-order valence-corrected chi connectivity index (χ0v) is 11.5. The van der Waals surface area contributed by atoms with Crippen LogP contribution in [-0.2, 0) is 27.2 Å². The average molecular weight is 400 g/mol. The van der Waals surface area contributed by atoms with Crippen LogP contribution in [0.15, 0.2) is 0 Å². The van der Waals surface area contributed by atoms with Crippen LogP contribution in [0.2, 0.25) is 0 Å². The molecule has 0 unspecified atom stereocenters. The molecule has 25 heteroatoms. The topological polar surface area (TPSA) is 314 Å². The minimum absolute atomic E-state index is 2.56. The van der Waals surface area contributed by atoms with E-state index in [9.17, 15) is 60.7 Å². The Morgan fingerprint density at radius 1 is 0.400 bits per heavy atom. The van der Waals surface area contributed by atoms with E-state index in [0.717, 1.165) is 0 Å². The second-order valence-corrected chi connectivity index (χ2v) is 6.73. The van der Waals surface area contributed by atoms with Crippen LogP contribution in [0.3, 0.4) is 0 Å². The van der Waals surface area contributed by atoms with Crippen LogP contribution in [0.1, 0.15) is 0 Å². The summed E-state index contributed by atoms with van der Waals surface area (Å²) >= 11 is 0. The van der Waals surface area contributed by atoms with Gasteiger partial charge >= 0.3 is 126 Å². The van der Waals surface area contributed by atoms with Crippen molar-refractivity contribution < 1.29 is 57.7 Å². The molecule has 0 saturated heterocycles. The number of rotatable bonds is 12. The Hall–Kier alpha value is -4.58. The maximum atomic E-state index is 10.4. The van der Waals surface area contributed by atoms with Crippen LogP contribution >= 0.6 is 0 Å². The van der Waals surface area contributed by atoms with Gasteiger partial charge in [-0.3, -0.25) is 0 Å². The van der Waals surface area contributed by atoms with Crippen LogP contribution in [0.4, 0.5) is 0 Å². The molecule has 0 spiro atoms. The van der Waals surface area contributed by atoms with Crippen molar-refractivity contribution in [3.63, 3.8) is 0 Å². The molecule has 144 valence electrons. The molecule has 0 heterocycles. The second kappa shape index (κ2) is 5.56. The molecule has 0 aromatic carbocycles. The van der Waals surface area contributed by atoms with E-state index < -0.39 is 38.6 Å². The van der Waals surface area contributed by atoms with Gasteiger partial charge in [0.2, 0.25) is 0 Å². The first kappa shape index (κ1) is 20.4. The molecule has 0 aliphatic carbocycles. The molecule has 0 saturated carbocycles. The fraction of sp³-hybridized carbons (Fsp3) is 0. The summed E-state index contributed by atoms with van der Waals surface area (Å²) in [6, 6.07) is 0. The first-order valence-electron chi connectivity index (χ1n) is 4.51. The van der Waals surface area contributed by atoms with E-state index in [4.69, 9.17) is 0 Å². The van der Waals surface area contributed by atoms with E-state index in [-0.39, 0.29) is 0 Å². The molecule has 0 N–H and O–H groups in total. The summed E-state index contributed by atoms with van der Waals surface area (Å²) in [6.45, 7) is 0. The van der Waals surface area contributed by atoms with Crippen LogP contribution in [0.5, 0.6) is 0 Å². The van der Waals surface area contributed by atoms with Gasteiger partial charge in [0.15, 0.2) is 0 Å². The second-order valence-electron chi connectivity index (χ2n) is 3.14. The summed E-state index contributed by atoms with van der Waals surface area (Å²) in [7, 11) is -10.0. The van der Waals surface area contributed by atoms with Gasteiger partial charge < -0.3 is 0 Å². The third-order valence-corrected chi connectivity index (χ3v) is 4.70. The molecule has 0 aliphatic rings. The van der Waals surface area contributed by atoms with Crippen molar-refractivity contribution in [2.75, 3.05) is 0 Å². The minimum atomic E-state index is -10.0. The summed E-state index contributed by atoms with van der Waals surface area (Å²) in [5, 5.41) is 47.3. The molecule has 0 amide bonds. The summed E-state index contributed by atoms with van der Waals surface area (Å²) in [5.74, 6) is 0. The van der Waals surface area contributed by atoms with E-state index in [1.807, 2.05) is 0 Å². The maximum absolute atomic E-state index is 10.4. The molecule has 0 rings (SSSR count). The van der Waals surface area contributed by atoms with Gasteiger partial charge in [-0.05, 0) is 0 Å². The summed E-state index contributed by atoms with van der Waals surface area (Å²) in [6.07, 6.45) is 0. The molecule has 0 aromatic rings. The van der Waals surface area contributed by atoms with Crippen molar-refractivity contribution in [2.45, 2.75) is 0 Å². The Labute approximate surface area is 128 Å². The normalized spacial score (nSPS) is 13.0. The van der Waals surface area contributed by atoms with E-state index in [1.54, 1.807) is 0 Å². The Morgan fingerprint density at radius 2 is 0.520 bits per heavy atom. The van der Waals surface area contributed by atoms with Crippen LogP contribution in [-0.4, -0.2) is 38.6 Å². The van der Waals surface area contributed by atoms with Gasteiger partial charge in [-0.25, -0.2) is 0 Å². The summed E-state index contributed by atoms with van der Waals surface area (Å²) < 4.78 is 17.6. The van der Waals surface area contributed by atoms with E-state index in [2.05, 4.69) is 27.2 Å². The molecule has 24 nitrogen and oxygen atoms in total. The van der Waals surface area contributed by atoms with Gasteiger partial charge in [0.05, 0.1) is 0 Å². The SMILES string of the molecule is O=[N+]([O-])O[Si-2](O[N+](=O)[O-])(O[N+](=O)[O-])(O[N+](=O)[O-])(O[N+](=O)[O-])O[N+](=O)[O-]. The predicted molar refractivity (Wildman–Crippen MR) is 54.2 cm³/mol. The molecule has 0 atom stereocenters. The van der Waals surface area contributed by atoms with Gasteiger partial charge in [0.25, 0.3) is 0 Å². The Bertz CT molecular complexity index is 499. The average Bonchev–Trinajstić information content (AvgIpc) is 2.18. The van der Waals surface area contributed by atoms with Crippen molar-refractivity contribution in [3.05, 3.63) is 60.7 Å². The first-order chi connectivity index (χ1) is 11.1. The summed E-state index contributed by atoms with van der Waals surface area (Å²) in [4.78, 5) is 62.7. The molecule has 0 radical (unpaired) electrons. The van der Waals surface area contributed by atoms with Crippen molar-refractivity contribution in [2.24, 2.45) is 0 Å². The van der Waals surface area contributed by atoms with Gasteiger partial charge in [0, 0.05) is 0 Å². The quantitative estimate of drug-likeness (QED) is 0.186. The standard InChI is InChI=1S/N6O18Si/c7-1(8)19-25(20-2(9)10,21-3(11)12,22-4(13)14,23-5(15)16)24-6(17)18/q-2. The number of hydrogen-bond acceptors (Lipinski definition) is 18. The van der Waals surface area contributed by atoms with Gasteiger partial charge in [-0.15, -0.1) is 0 Å². The van der Waals surface area contributed by atoms with Crippen LogP contribution in [0.25, 0.3) is 0 Å². The van der Waals surface area contributed by atoms with Crippen molar-refractivity contribution in [1.29, 1.82) is 0 Å². The van der Waals surface area contributed by atoms with E-state index >= 15 is 0 Å². The summed E-state index contributed by atoms with van der Waals surface area (Å²) in [5.41, 5.74) is 0. The van der Waals surface area contributed by atoms with E-state index in [0.29, 0.717) is 0 Å². The van der Waals surface area contributed by atoms with Gasteiger partial charge in [0.1, 0.15) is 0 Å².